The van der Waals surface area contributed by atoms with E-state index in [1.165, 1.54) is 6.07 Å². The molecule has 1 aliphatic carbocycles. The summed E-state index contributed by atoms with van der Waals surface area (Å²) < 4.78 is 14.0. The van der Waals surface area contributed by atoms with Crippen molar-refractivity contribution in [1.29, 1.82) is 0 Å². The minimum atomic E-state index is -0.550. The molecule has 0 saturated carbocycles. The Hall–Kier alpha value is -1.68. The third-order valence-corrected chi connectivity index (χ3v) is 3.94. The average molecular weight is 293 g/mol. The second kappa shape index (κ2) is 5.37. The molecule has 0 amide bonds. The molecule has 3 rings (SSSR count). The van der Waals surface area contributed by atoms with E-state index in [9.17, 15) is 9.18 Å². The molecule has 0 saturated heterocycles. The zero-order valence-electron chi connectivity index (χ0n) is 10.9. The van der Waals surface area contributed by atoms with Crippen LogP contribution in [0.3, 0.4) is 0 Å². The molecular weight excluding hydrogens is 279 g/mol. The number of hydrogen-bond acceptors (Lipinski definition) is 2. The van der Waals surface area contributed by atoms with Crippen molar-refractivity contribution in [3.8, 4) is 11.4 Å². The zero-order valence-corrected chi connectivity index (χ0v) is 11.6. The molecule has 1 aromatic carbocycles. The van der Waals surface area contributed by atoms with Crippen LogP contribution in [0.25, 0.3) is 11.4 Å². The number of nitrogens with zero attached hydrogens (tertiary/aromatic N) is 1. The monoisotopic (exact) mass is 292 g/mol. The van der Waals surface area contributed by atoms with Crippen LogP contribution in [-0.2, 0) is 12.8 Å². The number of aryl methyl sites for hydroxylation is 1. The highest BCUT2D eigenvalue weighted by Gasteiger charge is 2.17. The maximum absolute atomic E-state index is 14.0. The van der Waals surface area contributed by atoms with Gasteiger partial charge in [-0.25, -0.2) is 9.37 Å². The molecule has 0 unspecified atom stereocenters. The molecule has 5 heteroatoms. The van der Waals surface area contributed by atoms with Gasteiger partial charge in [-0.15, -0.1) is 0 Å². The Morgan fingerprint density at radius 1 is 1.20 bits per heavy atom. The SMILES string of the molecule is O=c1[nH]c(-c2cccc(Cl)c2F)nc2c1CCCCC2. The van der Waals surface area contributed by atoms with Gasteiger partial charge >= 0.3 is 0 Å². The largest absolute Gasteiger partial charge is 0.306 e. The highest BCUT2D eigenvalue weighted by molar-refractivity contribution is 6.31. The van der Waals surface area contributed by atoms with Crippen LogP contribution in [-0.4, -0.2) is 9.97 Å². The summed E-state index contributed by atoms with van der Waals surface area (Å²) in [6.45, 7) is 0. The first-order chi connectivity index (χ1) is 9.66. The van der Waals surface area contributed by atoms with E-state index >= 15 is 0 Å². The summed E-state index contributed by atoms with van der Waals surface area (Å²) in [7, 11) is 0. The standard InChI is InChI=1S/C15H14ClFN2O/c16-11-7-4-6-10(13(11)17)14-18-12-8-3-1-2-5-9(12)15(20)19-14/h4,6-7H,1-3,5,8H2,(H,18,19,20). The Labute approximate surface area is 120 Å². The molecule has 1 heterocycles. The number of benzene rings is 1. The molecular formula is C15H14ClFN2O. The second-order valence-corrected chi connectivity index (χ2v) is 5.41. The summed E-state index contributed by atoms with van der Waals surface area (Å²) in [6.07, 6.45) is 4.63. The van der Waals surface area contributed by atoms with Crippen molar-refractivity contribution >= 4 is 11.6 Å². The lowest BCUT2D eigenvalue weighted by molar-refractivity contribution is 0.630. The third-order valence-electron chi connectivity index (χ3n) is 3.65. The predicted molar refractivity (Wildman–Crippen MR) is 76.5 cm³/mol. The fourth-order valence-electron chi connectivity index (χ4n) is 2.59. The minimum Gasteiger partial charge on any atom is -0.306 e. The minimum absolute atomic E-state index is 0.0279. The zero-order chi connectivity index (χ0) is 14.1. The lowest BCUT2D eigenvalue weighted by Gasteiger charge is -2.08. The Bertz CT molecular complexity index is 712. The molecule has 1 aromatic heterocycles. The van der Waals surface area contributed by atoms with Crippen LogP contribution in [0.15, 0.2) is 23.0 Å². The van der Waals surface area contributed by atoms with Gasteiger partial charge in [0.2, 0.25) is 0 Å². The van der Waals surface area contributed by atoms with Crippen LogP contribution in [0, 0.1) is 5.82 Å². The summed E-state index contributed by atoms with van der Waals surface area (Å²) in [6, 6.07) is 4.69. The molecule has 0 radical (unpaired) electrons. The molecule has 104 valence electrons. The summed E-state index contributed by atoms with van der Waals surface area (Å²) in [4.78, 5) is 19.3. The van der Waals surface area contributed by atoms with Crippen molar-refractivity contribution in [3.05, 3.63) is 50.7 Å². The normalized spacial score (nSPS) is 14.7. The van der Waals surface area contributed by atoms with Crippen LogP contribution < -0.4 is 5.56 Å². The van der Waals surface area contributed by atoms with Gasteiger partial charge in [-0.05, 0) is 37.8 Å². The predicted octanol–water partition coefficient (Wildman–Crippen LogP) is 3.50. The Morgan fingerprint density at radius 3 is 2.85 bits per heavy atom. The summed E-state index contributed by atoms with van der Waals surface area (Å²) in [5.41, 5.74) is 1.61. The van der Waals surface area contributed by atoms with E-state index in [4.69, 9.17) is 11.6 Å². The van der Waals surface area contributed by atoms with Crippen molar-refractivity contribution in [1.82, 2.24) is 9.97 Å². The van der Waals surface area contributed by atoms with E-state index in [1.807, 2.05) is 0 Å². The molecule has 20 heavy (non-hydrogen) atoms. The fraction of sp³-hybridized carbons (Fsp3) is 0.333. The first-order valence-corrected chi connectivity index (χ1v) is 7.11. The van der Waals surface area contributed by atoms with Crippen molar-refractivity contribution in [2.45, 2.75) is 32.1 Å². The lowest BCUT2D eigenvalue weighted by atomic mass is 10.1. The van der Waals surface area contributed by atoms with Crippen LogP contribution in [0.4, 0.5) is 4.39 Å². The van der Waals surface area contributed by atoms with Crippen LogP contribution in [0.1, 0.15) is 30.5 Å². The van der Waals surface area contributed by atoms with E-state index in [-0.39, 0.29) is 22.0 Å². The molecule has 0 bridgehead atoms. The average Bonchev–Trinajstić information content (AvgIpc) is 2.67. The van der Waals surface area contributed by atoms with E-state index < -0.39 is 5.82 Å². The maximum Gasteiger partial charge on any atom is 0.254 e. The van der Waals surface area contributed by atoms with Crippen LogP contribution in [0.5, 0.6) is 0 Å². The van der Waals surface area contributed by atoms with Gasteiger partial charge in [-0.2, -0.15) is 0 Å². The number of fused-ring (bicyclic) bond motifs is 1. The summed E-state index contributed by atoms with van der Waals surface area (Å²) in [5.74, 6) is -0.290. The van der Waals surface area contributed by atoms with Gasteiger partial charge in [0.15, 0.2) is 5.82 Å². The molecule has 1 aliphatic rings. The van der Waals surface area contributed by atoms with E-state index in [0.717, 1.165) is 43.4 Å². The molecule has 0 aliphatic heterocycles. The molecule has 3 nitrogen and oxygen atoms in total. The van der Waals surface area contributed by atoms with E-state index in [1.54, 1.807) is 12.1 Å². The highest BCUT2D eigenvalue weighted by Crippen LogP contribution is 2.26. The first-order valence-electron chi connectivity index (χ1n) is 6.73. The molecule has 0 atom stereocenters. The Balaban J connectivity index is 2.16. The molecule has 0 spiro atoms. The van der Waals surface area contributed by atoms with Crippen LogP contribution in [0.2, 0.25) is 5.02 Å². The van der Waals surface area contributed by atoms with Gasteiger partial charge in [0.1, 0.15) is 5.82 Å². The lowest BCUT2D eigenvalue weighted by Crippen LogP contribution is -2.18. The number of aromatic amines is 1. The van der Waals surface area contributed by atoms with Gasteiger partial charge in [0.05, 0.1) is 16.3 Å². The third kappa shape index (κ3) is 2.36. The molecule has 0 fully saturated rings. The van der Waals surface area contributed by atoms with Gasteiger partial charge in [-0.1, -0.05) is 24.1 Å². The van der Waals surface area contributed by atoms with Gasteiger partial charge in [0.25, 0.3) is 5.56 Å². The quantitative estimate of drug-likeness (QED) is 0.818. The number of aromatic nitrogens is 2. The molecule has 2 aromatic rings. The first kappa shape index (κ1) is 13.3. The van der Waals surface area contributed by atoms with Crippen molar-refractivity contribution in [3.63, 3.8) is 0 Å². The van der Waals surface area contributed by atoms with E-state index in [2.05, 4.69) is 9.97 Å². The number of halogens is 2. The second-order valence-electron chi connectivity index (χ2n) is 5.00. The number of nitrogens with one attached hydrogen (secondary N) is 1. The highest BCUT2D eigenvalue weighted by atomic mass is 35.5. The Kier molecular flexibility index (Phi) is 3.57. The van der Waals surface area contributed by atoms with Gasteiger partial charge < -0.3 is 4.98 Å². The number of H-pyrrole nitrogens is 1. The topological polar surface area (TPSA) is 45.8 Å². The van der Waals surface area contributed by atoms with E-state index in [0.29, 0.717) is 0 Å². The maximum atomic E-state index is 14.0. The summed E-state index contributed by atoms with van der Waals surface area (Å²) >= 11 is 5.78. The van der Waals surface area contributed by atoms with Crippen molar-refractivity contribution in [2.75, 3.05) is 0 Å². The smallest absolute Gasteiger partial charge is 0.254 e. The van der Waals surface area contributed by atoms with Crippen molar-refractivity contribution < 1.29 is 4.39 Å². The fourth-order valence-corrected chi connectivity index (χ4v) is 2.77. The molecule has 1 N–H and O–H groups in total. The number of rotatable bonds is 1. The van der Waals surface area contributed by atoms with Gasteiger partial charge in [0, 0.05) is 5.56 Å². The summed E-state index contributed by atoms with van der Waals surface area (Å²) in [5, 5.41) is 0.0279. The Morgan fingerprint density at radius 2 is 2.00 bits per heavy atom. The van der Waals surface area contributed by atoms with Gasteiger partial charge in [-0.3, -0.25) is 4.79 Å². The number of hydrogen-bond donors (Lipinski definition) is 1. The van der Waals surface area contributed by atoms with Crippen LogP contribution >= 0.6 is 11.6 Å². The van der Waals surface area contributed by atoms with Crippen molar-refractivity contribution in [2.24, 2.45) is 0 Å².